The number of nitrogens with one attached hydrogen (secondary N) is 3. The smallest absolute Gasteiger partial charge is 0.263 e. The number of carbonyl (C=O) groups is 1. The molecule has 0 aliphatic rings. The third-order valence-corrected chi connectivity index (χ3v) is 4.80. The molecule has 1 heterocycles. The second-order valence-electron chi connectivity index (χ2n) is 5.64. The number of amides is 1. The average Bonchev–Trinajstić information content (AvgIpc) is 2.65. The molecule has 8 nitrogen and oxygen atoms in total. The van der Waals surface area contributed by atoms with Gasteiger partial charge >= 0.3 is 0 Å². The van der Waals surface area contributed by atoms with Gasteiger partial charge in [0.25, 0.3) is 11.5 Å². The maximum atomic E-state index is 13.1. The molecule has 0 saturated carbocycles. The van der Waals surface area contributed by atoms with Crippen molar-refractivity contribution in [3.05, 3.63) is 61.8 Å². The van der Waals surface area contributed by atoms with Crippen molar-refractivity contribution in [2.24, 2.45) is 5.73 Å². The number of benzene rings is 2. The summed E-state index contributed by atoms with van der Waals surface area (Å²) >= 11 is 11.5. The Morgan fingerprint density at radius 1 is 1.18 bits per heavy atom. The molecule has 0 unspecified atom stereocenters. The summed E-state index contributed by atoms with van der Waals surface area (Å²) in [7, 11) is 0. The number of anilines is 2. The molecule has 3 aromatic rings. The van der Waals surface area contributed by atoms with E-state index in [1.54, 1.807) is 12.1 Å². The Kier molecular flexibility index (Phi) is 6.27. The van der Waals surface area contributed by atoms with Crippen LogP contribution in [-0.2, 0) is 11.3 Å². The highest BCUT2D eigenvalue weighted by Gasteiger charge is 2.16. The van der Waals surface area contributed by atoms with E-state index in [1.165, 1.54) is 4.57 Å². The first-order chi connectivity index (χ1) is 13.3. The summed E-state index contributed by atoms with van der Waals surface area (Å²) in [5.41, 5.74) is 10.8. The van der Waals surface area contributed by atoms with Crippen molar-refractivity contribution in [3.8, 4) is 0 Å². The normalized spacial score (nSPS) is 10.5. The third kappa shape index (κ3) is 4.66. The highest BCUT2D eigenvalue weighted by Crippen LogP contribution is 2.27. The molecular formula is C17H14Br2N6O2S. The van der Waals surface area contributed by atoms with Crippen molar-refractivity contribution >= 4 is 77.6 Å². The second-order valence-corrected chi connectivity index (χ2v) is 7.85. The average molecular weight is 526 g/mol. The van der Waals surface area contributed by atoms with Crippen molar-refractivity contribution in [1.29, 1.82) is 0 Å². The molecule has 1 aromatic heterocycles. The predicted octanol–water partition coefficient (Wildman–Crippen LogP) is 2.53. The van der Waals surface area contributed by atoms with Crippen molar-refractivity contribution in [1.82, 2.24) is 20.4 Å². The van der Waals surface area contributed by atoms with Crippen LogP contribution in [0, 0.1) is 0 Å². The van der Waals surface area contributed by atoms with Crippen LogP contribution in [0.2, 0.25) is 0 Å². The molecule has 0 aliphatic carbocycles. The van der Waals surface area contributed by atoms with E-state index in [9.17, 15) is 9.59 Å². The number of halogens is 2. The Bertz CT molecular complexity index is 1120. The number of para-hydroxylation sites is 1. The number of nitrogens with two attached hydrogens (primary N) is 1. The van der Waals surface area contributed by atoms with Gasteiger partial charge in [-0.05, 0) is 52.4 Å². The summed E-state index contributed by atoms with van der Waals surface area (Å²) in [4.78, 5) is 29.9. The lowest BCUT2D eigenvalue weighted by Crippen LogP contribution is -2.46. The molecule has 2 aromatic carbocycles. The molecule has 0 saturated heterocycles. The number of hydrogen-bond acceptors (Lipinski definition) is 5. The number of carbonyl (C=O) groups excluding carboxylic acids is 1. The number of hydrogen-bond donors (Lipinski definition) is 4. The highest BCUT2D eigenvalue weighted by molar-refractivity contribution is 9.11. The minimum absolute atomic E-state index is 0.0900. The topological polar surface area (TPSA) is 114 Å². The summed E-state index contributed by atoms with van der Waals surface area (Å²) in [6.45, 7) is -0.295. The molecule has 3 rings (SSSR count). The van der Waals surface area contributed by atoms with E-state index < -0.39 is 5.91 Å². The van der Waals surface area contributed by atoms with E-state index >= 15 is 0 Å². The minimum atomic E-state index is -0.513. The Balaban J connectivity index is 2.10. The summed E-state index contributed by atoms with van der Waals surface area (Å²) in [5.74, 6) is -0.293. The van der Waals surface area contributed by atoms with Gasteiger partial charge in [0, 0.05) is 14.6 Å². The van der Waals surface area contributed by atoms with Gasteiger partial charge in [-0.15, -0.1) is 0 Å². The van der Waals surface area contributed by atoms with Crippen LogP contribution in [0.5, 0.6) is 0 Å². The number of hydrazine groups is 1. The fraction of sp³-hybridized carbons (Fsp3) is 0.0588. The van der Waals surface area contributed by atoms with E-state index in [0.29, 0.717) is 19.8 Å². The van der Waals surface area contributed by atoms with Gasteiger partial charge in [0.2, 0.25) is 5.95 Å². The number of aromatic nitrogens is 2. The molecule has 28 heavy (non-hydrogen) atoms. The van der Waals surface area contributed by atoms with Crippen molar-refractivity contribution in [2.75, 3.05) is 5.32 Å². The minimum Gasteiger partial charge on any atom is -0.375 e. The zero-order valence-corrected chi connectivity index (χ0v) is 18.2. The van der Waals surface area contributed by atoms with Gasteiger partial charge in [0.05, 0.1) is 10.9 Å². The Hall–Kier alpha value is -2.50. The van der Waals surface area contributed by atoms with Crippen LogP contribution in [0.4, 0.5) is 11.6 Å². The third-order valence-electron chi connectivity index (χ3n) is 3.63. The summed E-state index contributed by atoms with van der Waals surface area (Å²) in [6.07, 6.45) is 0. The predicted molar refractivity (Wildman–Crippen MR) is 119 cm³/mol. The molecule has 0 radical (unpaired) electrons. The van der Waals surface area contributed by atoms with Gasteiger partial charge in [-0.1, -0.05) is 34.1 Å². The molecule has 1 amide bonds. The summed E-state index contributed by atoms with van der Waals surface area (Å²) < 4.78 is 2.60. The van der Waals surface area contributed by atoms with Crippen LogP contribution in [0.15, 0.2) is 56.2 Å². The molecule has 0 bridgehead atoms. The first-order valence-electron chi connectivity index (χ1n) is 7.91. The first-order valence-corrected chi connectivity index (χ1v) is 9.90. The van der Waals surface area contributed by atoms with Crippen molar-refractivity contribution < 1.29 is 4.79 Å². The first kappa shape index (κ1) is 20.2. The van der Waals surface area contributed by atoms with E-state index in [2.05, 4.69) is 65.2 Å². The van der Waals surface area contributed by atoms with Crippen LogP contribution >= 0.6 is 44.1 Å². The monoisotopic (exact) mass is 524 g/mol. The largest absolute Gasteiger partial charge is 0.375 e. The van der Waals surface area contributed by atoms with Gasteiger partial charge < -0.3 is 11.1 Å². The SMILES string of the molecule is NC(=S)NNC(=O)Cn1c(Nc2ccccc2)nc2c(Br)cc(Br)cc2c1=O. The summed E-state index contributed by atoms with van der Waals surface area (Å²) in [6, 6.07) is 12.7. The van der Waals surface area contributed by atoms with Crippen LogP contribution in [0.3, 0.4) is 0 Å². The molecule has 0 atom stereocenters. The van der Waals surface area contributed by atoms with E-state index in [-0.39, 0.29) is 23.2 Å². The quantitative estimate of drug-likeness (QED) is 0.305. The molecular weight excluding hydrogens is 512 g/mol. The zero-order chi connectivity index (χ0) is 20.3. The summed E-state index contributed by atoms with van der Waals surface area (Å²) in [5, 5.41) is 3.35. The Labute approximate surface area is 181 Å². The van der Waals surface area contributed by atoms with Crippen molar-refractivity contribution in [3.63, 3.8) is 0 Å². The lowest BCUT2D eigenvalue weighted by atomic mass is 10.2. The fourth-order valence-electron chi connectivity index (χ4n) is 2.46. The van der Waals surface area contributed by atoms with Gasteiger partial charge in [-0.3, -0.25) is 25.0 Å². The second kappa shape index (κ2) is 8.67. The van der Waals surface area contributed by atoms with Gasteiger partial charge in [-0.25, -0.2) is 4.98 Å². The molecule has 5 N–H and O–H groups in total. The standard InChI is InChI=1S/C17H14Br2N6O2S/c18-9-6-11-14(12(19)7-9)22-17(21-10-4-2-1-3-5-10)25(15(11)27)8-13(26)23-24-16(20)28/h1-7H,8H2,(H,21,22)(H,23,26)(H3,20,24,28). The maximum Gasteiger partial charge on any atom is 0.263 e. The van der Waals surface area contributed by atoms with E-state index in [4.69, 9.17) is 5.73 Å². The molecule has 0 spiro atoms. The van der Waals surface area contributed by atoms with Crippen LogP contribution in [0.1, 0.15) is 0 Å². The maximum absolute atomic E-state index is 13.1. The number of rotatable bonds is 4. The van der Waals surface area contributed by atoms with Crippen molar-refractivity contribution in [2.45, 2.75) is 6.54 Å². The highest BCUT2D eigenvalue weighted by atomic mass is 79.9. The lowest BCUT2D eigenvalue weighted by molar-refractivity contribution is -0.122. The number of fused-ring (bicyclic) bond motifs is 1. The number of thiocarbonyl (C=S) groups is 1. The molecule has 0 fully saturated rings. The molecule has 0 aliphatic heterocycles. The molecule has 11 heteroatoms. The zero-order valence-electron chi connectivity index (χ0n) is 14.2. The Morgan fingerprint density at radius 3 is 2.57 bits per heavy atom. The van der Waals surface area contributed by atoms with Gasteiger partial charge in [0.1, 0.15) is 6.54 Å². The van der Waals surface area contributed by atoms with Crippen LogP contribution in [-0.4, -0.2) is 20.6 Å². The van der Waals surface area contributed by atoms with Gasteiger partial charge in [-0.2, -0.15) is 0 Å². The van der Waals surface area contributed by atoms with Crippen LogP contribution < -0.4 is 27.5 Å². The number of nitrogens with zero attached hydrogens (tertiary/aromatic N) is 2. The molecule has 144 valence electrons. The Morgan fingerprint density at radius 2 is 1.89 bits per heavy atom. The fourth-order valence-corrected chi connectivity index (χ4v) is 3.82. The van der Waals surface area contributed by atoms with E-state index in [0.717, 1.165) is 5.69 Å². The van der Waals surface area contributed by atoms with E-state index in [1.807, 2.05) is 30.3 Å². The van der Waals surface area contributed by atoms with Crippen LogP contribution in [0.25, 0.3) is 10.9 Å². The lowest BCUT2D eigenvalue weighted by Gasteiger charge is -2.15. The van der Waals surface area contributed by atoms with Gasteiger partial charge in [0.15, 0.2) is 5.11 Å².